The lowest BCUT2D eigenvalue weighted by molar-refractivity contribution is 0.0261. The fraction of sp³-hybridized carbons (Fsp3) is 1.00. The van der Waals surface area contributed by atoms with Crippen LogP contribution >= 0.6 is 0 Å². The van der Waals surface area contributed by atoms with Crippen molar-refractivity contribution < 1.29 is 13.2 Å². The second-order valence-electron chi connectivity index (χ2n) is 6.98. The fourth-order valence-corrected chi connectivity index (χ4v) is 2.89. The molecule has 0 aliphatic carbocycles. The molecule has 1 saturated heterocycles. The van der Waals surface area contributed by atoms with Crippen molar-refractivity contribution in [3.05, 3.63) is 0 Å². The molecule has 5 nitrogen and oxygen atoms in total. The van der Waals surface area contributed by atoms with Crippen molar-refractivity contribution >= 4 is 9.84 Å². The molecule has 1 rings (SSSR count). The Labute approximate surface area is 124 Å². The second-order valence-corrected chi connectivity index (χ2v) is 9.24. The van der Waals surface area contributed by atoms with E-state index >= 15 is 0 Å². The number of likely N-dealkylation sites (N-methyl/N-ethyl adjacent to an activating group) is 1. The molecule has 0 aromatic heterocycles. The van der Waals surface area contributed by atoms with Crippen LogP contribution < -0.4 is 5.32 Å². The third-order valence-corrected chi connectivity index (χ3v) is 4.34. The van der Waals surface area contributed by atoms with Gasteiger partial charge in [0.2, 0.25) is 0 Å². The van der Waals surface area contributed by atoms with E-state index in [0.717, 1.165) is 25.9 Å². The molecule has 120 valence electrons. The van der Waals surface area contributed by atoms with Crippen LogP contribution in [0.15, 0.2) is 0 Å². The van der Waals surface area contributed by atoms with E-state index in [2.05, 4.69) is 26.1 Å². The number of hydrogen-bond donors (Lipinski definition) is 1. The van der Waals surface area contributed by atoms with Crippen molar-refractivity contribution in [2.75, 3.05) is 38.7 Å². The van der Waals surface area contributed by atoms with Crippen LogP contribution in [0.3, 0.4) is 0 Å². The van der Waals surface area contributed by atoms with Gasteiger partial charge in [0.15, 0.2) is 0 Å². The van der Waals surface area contributed by atoms with Crippen molar-refractivity contribution in [2.45, 2.75) is 51.4 Å². The monoisotopic (exact) mass is 306 g/mol. The molecule has 20 heavy (non-hydrogen) atoms. The summed E-state index contributed by atoms with van der Waals surface area (Å²) in [4.78, 5) is 2.05. The van der Waals surface area contributed by atoms with Crippen LogP contribution in [0.1, 0.15) is 33.6 Å². The molecule has 2 unspecified atom stereocenters. The highest BCUT2D eigenvalue weighted by atomic mass is 32.2. The first-order chi connectivity index (χ1) is 9.05. The van der Waals surface area contributed by atoms with Gasteiger partial charge in [0, 0.05) is 31.4 Å². The average molecular weight is 306 g/mol. The predicted octanol–water partition coefficient (Wildman–Crippen LogP) is 0.899. The van der Waals surface area contributed by atoms with Crippen molar-refractivity contribution in [2.24, 2.45) is 0 Å². The lowest BCUT2D eigenvalue weighted by atomic mass is 10.1. The molecule has 0 aromatic rings. The Morgan fingerprint density at radius 2 is 1.85 bits per heavy atom. The second kappa shape index (κ2) is 7.20. The van der Waals surface area contributed by atoms with Crippen molar-refractivity contribution in [1.29, 1.82) is 0 Å². The molecule has 0 saturated carbocycles. The SMILES string of the molecule is CN(CCS(C)(=O)=O)CC1CCC(CNC(C)(C)C)O1. The van der Waals surface area contributed by atoms with Gasteiger partial charge in [-0.2, -0.15) is 0 Å². The first kappa shape index (κ1) is 17.9. The van der Waals surface area contributed by atoms with Gasteiger partial charge in [-0.3, -0.25) is 0 Å². The number of nitrogens with zero attached hydrogens (tertiary/aromatic N) is 1. The highest BCUT2D eigenvalue weighted by Crippen LogP contribution is 2.20. The lowest BCUT2D eigenvalue weighted by Gasteiger charge is -2.24. The summed E-state index contributed by atoms with van der Waals surface area (Å²) in [6.07, 6.45) is 3.92. The zero-order chi connectivity index (χ0) is 15.4. The molecule has 0 bridgehead atoms. The van der Waals surface area contributed by atoms with E-state index in [4.69, 9.17) is 4.74 Å². The van der Waals surface area contributed by atoms with E-state index in [1.807, 2.05) is 11.9 Å². The first-order valence-electron chi connectivity index (χ1n) is 7.32. The van der Waals surface area contributed by atoms with Crippen LogP contribution in [0, 0.1) is 0 Å². The lowest BCUT2D eigenvalue weighted by Crippen LogP contribution is -2.41. The van der Waals surface area contributed by atoms with Crippen molar-refractivity contribution in [3.8, 4) is 0 Å². The molecule has 6 heteroatoms. The fourth-order valence-electron chi connectivity index (χ4n) is 2.25. The molecule has 0 aromatic carbocycles. The number of hydrogen-bond acceptors (Lipinski definition) is 5. The largest absolute Gasteiger partial charge is 0.372 e. The highest BCUT2D eigenvalue weighted by Gasteiger charge is 2.27. The summed E-state index contributed by atoms with van der Waals surface area (Å²) in [6.45, 7) is 8.72. The molecule has 1 aliphatic heterocycles. The topological polar surface area (TPSA) is 58.6 Å². The minimum atomic E-state index is -2.88. The van der Waals surface area contributed by atoms with Crippen LogP contribution in [0.5, 0.6) is 0 Å². The number of ether oxygens (including phenoxy) is 1. The van der Waals surface area contributed by atoms with Gasteiger partial charge in [-0.15, -0.1) is 0 Å². The molecule has 1 aliphatic rings. The van der Waals surface area contributed by atoms with Gasteiger partial charge in [0.1, 0.15) is 9.84 Å². The van der Waals surface area contributed by atoms with Crippen molar-refractivity contribution in [3.63, 3.8) is 0 Å². The van der Waals surface area contributed by atoms with Gasteiger partial charge in [-0.05, 0) is 40.7 Å². The van der Waals surface area contributed by atoms with E-state index in [0.29, 0.717) is 6.54 Å². The number of rotatable bonds is 7. The summed E-state index contributed by atoms with van der Waals surface area (Å²) in [5, 5.41) is 3.46. The Kier molecular flexibility index (Phi) is 6.44. The minimum Gasteiger partial charge on any atom is -0.372 e. The molecule has 0 spiro atoms. The molecule has 1 N–H and O–H groups in total. The van der Waals surface area contributed by atoms with Gasteiger partial charge in [-0.1, -0.05) is 0 Å². The standard InChI is InChI=1S/C14H30N2O3S/c1-14(2,3)15-10-12-6-7-13(19-12)11-16(4)8-9-20(5,17)18/h12-13,15H,6-11H2,1-5H3. The molecule has 1 heterocycles. The molecule has 1 fully saturated rings. The third-order valence-electron chi connectivity index (χ3n) is 3.41. The molecular formula is C14H30N2O3S. The first-order valence-corrected chi connectivity index (χ1v) is 9.38. The molecule has 0 amide bonds. The van der Waals surface area contributed by atoms with Gasteiger partial charge < -0.3 is 15.0 Å². The average Bonchev–Trinajstić information content (AvgIpc) is 2.70. The van der Waals surface area contributed by atoms with Gasteiger partial charge in [0.25, 0.3) is 0 Å². The Morgan fingerprint density at radius 3 is 2.40 bits per heavy atom. The summed E-state index contributed by atoms with van der Waals surface area (Å²) in [5.41, 5.74) is 0.119. The van der Waals surface area contributed by atoms with Gasteiger partial charge >= 0.3 is 0 Å². The van der Waals surface area contributed by atoms with Crippen LogP contribution in [-0.4, -0.2) is 69.8 Å². The smallest absolute Gasteiger partial charge is 0.148 e. The van der Waals surface area contributed by atoms with E-state index in [1.165, 1.54) is 6.26 Å². The third kappa shape index (κ3) is 8.19. The Balaban J connectivity index is 2.23. The maximum atomic E-state index is 11.1. The van der Waals surface area contributed by atoms with Crippen LogP contribution in [0.4, 0.5) is 0 Å². The Morgan fingerprint density at radius 1 is 1.25 bits per heavy atom. The summed E-state index contributed by atoms with van der Waals surface area (Å²) < 4.78 is 28.3. The molecule has 0 radical (unpaired) electrons. The van der Waals surface area contributed by atoms with Crippen LogP contribution in [0.2, 0.25) is 0 Å². The number of nitrogens with one attached hydrogen (secondary N) is 1. The van der Waals surface area contributed by atoms with Crippen LogP contribution in [0.25, 0.3) is 0 Å². The van der Waals surface area contributed by atoms with Crippen molar-refractivity contribution in [1.82, 2.24) is 10.2 Å². The molecule has 2 atom stereocenters. The summed E-state index contributed by atoms with van der Waals surface area (Å²) in [5.74, 6) is 0.214. The van der Waals surface area contributed by atoms with E-state index in [-0.39, 0.29) is 23.5 Å². The van der Waals surface area contributed by atoms with E-state index in [1.54, 1.807) is 0 Å². The summed E-state index contributed by atoms with van der Waals surface area (Å²) in [6, 6.07) is 0. The van der Waals surface area contributed by atoms with E-state index in [9.17, 15) is 8.42 Å². The molecular weight excluding hydrogens is 276 g/mol. The predicted molar refractivity (Wildman–Crippen MR) is 82.9 cm³/mol. The maximum absolute atomic E-state index is 11.1. The summed E-state index contributed by atoms with van der Waals surface area (Å²) in [7, 11) is -0.927. The summed E-state index contributed by atoms with van der Waals surface area (Å²) >= 11 is 0. The van der Waals surface area contributed by atoms with Crippen LogP contribution in [-0.2, 0) is 14.6 Å². The normalized spacial score (nSPS) is 24.5. The van der Waals surface area contributed by atoms with Gasteiger partial charge in [0.05, 0.1) is 18.0 Å². The maximum Gasteiger partial charge on any atom is 0.148 e. The number of sulfone groups is 1. The zero-order valence-electron chi connectivity index (χ0n) is 13.5. The quantitative estimate of drug-likeness (QED) is 0.757. The highest BCUT2D eigenvalue weighted by molar-refractivity contribution is 7.90. The van der Waals surface area contributed by atoms with E-state index < -0.39 is 9.84 Å². The Bertz CT molecular complexity index is 390. The van der Waals surface area contributed by atoms with Gasteiger partial charge in [-0.25, -0.2) is 8.42 Å². The Hall–Kier alpha value is -0.170. The minimum absolute atomic E-state index is 0.119. The zero-order valence-corrected chi connectivity index (χ0v) is 14.3.